The maximum Gasteiger partial charge on any atom is 0.157 e. The summed E-state index contributed by atoms with van der Waals surface area (Å²) in [5, 5.41) is 0.578. The maximum absolute atomic E-state index is 11.0. The summed E-state index contributed by atoms with van der Waals surface area (Å²) in [7, 11) is -3.25. The molecule has 1 aromatic heterocycles. The number of aromatic nitrogens is 1. The lowest BCUT2D eigenvalue weighted by Gasteiger charge is -1.94. The van der Waals surface area contributed by atoms with E-state index in [2.05, 4.69) is 11.2 Å². The molecule has 0 bridgehead atoms. The predicted molar refractivity (Wildman–Crippen MR) is 65.5 cm³/mol. The van der Waals surface area contributed by atoms with E-state index in [1.807, 2.05) is 30.3 Å². The van der Waals surface area contributed by atoms with Gasteiger partial charge in [0.15, 0.2) is 9.84 Å². The van der Waals surface area contributed by atoms with Crippen LogP contribution in [0, 0.1) is 6.26 Å². The van der Waals surface area contributed by atoms with Crippen LogP contribution in [-0.2, 0) is 15.6 Å². The second-order valence-electron chi connectivity index (χ2n) is 3.37. The Morgan fingerprint density at radius 3 is 2.56 bits per heavy atom. The van der Waals surface area contributed by atoms with Gasteiger partial charge < -0.3 is 0 Å². The molecule has 1 heterocycles. The van der Waals surface area contributed by atoms with Crippen LogP contribution in [0.2, 0.25) is 0 Å². The van der Waals surface area contributed by atoms with Gasteiger partial charge in [0.05, 0.1) is 11.1 Å². The highest BCUT2D eigenvalue weighted by molar-refractivity contribution is 7.91. The molecule has 0 spiro atoms. The van der Waals surface area contributed by atoms with Crippen LogP contribution in [0.25, 0.3) is 10.4 Å². The summed E-state index contributed by atoms with van der Waals surface area (Å²) in [5.74, 6) is -0.0928. The molecule has 0 saturated carbocycles. The van der Waals surface area contributed by atoms with Gasteiger partial charge in [-0.25, -0.2) is 13.4 Å². The molecule has 5 heteroatoms. The van der Waals surface area contributed by atoms with Crippen molar-refractivity contribution in [3.63, 3.8) is 0 Å². The van der Waals surface area contributed by atoms with Gasteiger partial charge in [-0.15, -0.1) is 11.3 Å². The maximum atomic E-state index is 11.0. The van der Waals surface area contributed by atoms with Gasteiger partial charge in [-0.1, -0.05) is 30.3 Å². The van der Waals surface area contributed by atoms with Crippen LogP contribution in [0.3, 0.4) is 0 Å². The summed E-state index contributed by atoms with van der Waals surface area (Å²) in [6, 6.07) is 9.75. The van der Waals surface area contributed by atoms with Gasteiger partial charge in [0.1, 0.15) is 10.8 Å². The third-order valence-electron chi connectivity index (χ3n) is 1.96. The molecule has 2 aromatic rings. The van der Waals surface area contributed by atoms with Gasteiger partial charge in [0.25, 0.3) is 0 Å². The first-order valence-electron chi connectivity index (χ1n) is 4.60. The van der Waals surface area contributed by atoms with Crippen molar-refractivity contribution in [2.75, 3.05) is 0 Å². The minimum Gasteiger partial charge on any atom is -0.248 e. The zero-order valence-electron chi connectivity index (χ0n) is 8.46. The normalized spacial score (nSPS) is 11.6. The summed E-state index contributed by atoms with van der Waals surface area (Å²) in [6.07, 6.45) is 4.78. The Bertz CT molecular complexity index is 573. The molecule has 3 nitrogen and oxygen atoms in total. The Morgan fingerprint density at radius 2 is 1.94 bits per heavy atom. The number of benzene rings is 1. The van der Waals surface area contributed by atoms with Gasteiger partial charge in [0.2, 0.25) is 0 Å². The molecule has 0 aliphatic rings. The van der Waals surface area contributed by atoms with E-state index in [0.29, 0.717) is 5.01 Å². The highest BCUT2D eigenvalue weighted by Gasteiger charge is 2.09. The molecule has 1 aromatic carbocycles. The zero-order chi connectivity index (χ0) is 11.6. The Labute approximate surface area is 98.7 Å². The van der Waals surface area contributed by atoms with E-state index in [-0.39, 0.29) is 5.75 Å². The zero-order valence-corrected chi connectivity index (χ0v) is 10.1. The van der Waals surface area contributed by atoms with E-state index < -0.39 is 9.84 Å². The van der Waals surface area contributed by atoms with E-state index in [9.17, 15) is 8.42 Å². The van der Waals surface area contributed by atoms with Crippen molar-refractivity contribution in [3.05, 3.63) is 47.8 Å². The smallest absolute Gasteiger partial charge is 0.157 e. The fourth-order valence-corrected chi connectivity index (χ4v) is 3.24. The van der Waals surface area contributed by atoms with Crippen LogP contribution in [0.15, 0.2) is 36.5 Å². The standard InChI is InChI=1S/C11H10NO2S2/c1-16(13,14)8-11-12-7-10(15-11)9-5-3-2-4-6-9/h2-7H,1,8H2. The minimum absolute atomic E-state index is 0.0928. The SMILES string of the molecule is [CH2]S(=O)(=O)Cc1ncc(-c2ccccc2)s1. The van der Waals surface area contributed by atoms with Gasteiger partial charge in [-0.2, -0.15) is 0 Å². The summed E-state index contributed by atoms with van der Waals surface area (Å²) in [5.41, 5.74) is 1.05. The van der Waals surface area contributed by atoms with E-state index in [4.69, 9.17) is 0 Å². The van der Waals surface area contributed by atoms with Crippen LogP contribution >= 0.6 is 11.3 Å². The lowest BCUT2D eigenvalue weighted by atomic mass is 10.2. The molecule has 0 unspecified atom stereocenters. The van der Waals surface area contributed by atoms with Crippen LogP contribution in [0.4, 0.5) is 0 Å². The third-order valence-corrected chi connectivity index (χ3v) is 3.90. The topological polar surface area (TPSA) is 47.0 Å². The van der Waals surface area contributed by atoms with Crippen LogP contribution in [0.1, 0.15) is 5.01 Å². The first-order valence-corrected chi connectivity index (χ1v) is 7.24. The molecule has 0 saturated heterocycles. The predicted octanol–water partition coefficient (Wildman–Crippen LogP) is 2.52. The fraction of sp³-hybridized carbons (Fsp3) is 0.0909. The molecular weight excluding hydrogens is 242 g/mol. The van der Waals surface area contributed by atoms with Gasteiger partial charge in [-0.05, 0) is 5.56 Å². The molecular formula is C11H10NO2S2. The summed E-state index contributed by atoms with van der Waals surface area (Å²) in [6.45, 7) is 0. The Balaban J connectivity index is 2.27. The molecule has 0 N–H and O–H groups in total. The van der Waals surface area contributed by atoms with Crippen molar-refractivity contribution >= 4 is 21.2 Å². The number of nitrogens with zero attached hydrogens (tertiary/aromatic N) is 1. The van der Waals surface area contributed by atoms with Crippen molar-refractivity contribution in [3.8, 4) is 10.4 Å². The monoisotopic (exact) mass is 252 g/mol. The van der Waals surface area contributed by atoms with Crippen molar-refractivity contribution in [1.82, 2.24) is 4.98 Å². The molecule has 0 atom stereocenters. The molecule has 83 valence electrons. The van der Waals surface area contributed by atoms with Crippen molar-refractivity contribution in [1.29, 1.82) is 0 Å². The molecule has 16 heavy (non-hydrogen) atoms. The van der Waals surface area contributed by atoms with Gasteiger partial charge in [0, 0.05) is 6.20 Å². The Hall–Kier alpha value is -1.20. The molecule has 2 rings (SSSR count). The van der Waals surface area contributed by atoms with E-state index in [1.54, 1.807) is 6.20 Å². The first-order chi connectivity index (χ1) is 7.54. The minimum atomic E-state index is -3.25. The summed E-state index contributed by atoms with van der Waals surface area (Å²) >= 11 is 1.38. The van der Waals surface area contributed by atoms with E-state index in [1.165, 1.54) is 11.3 Å². The number of rotatable bonds is 3. The highest BCUT2D eigenvalue weighted by atomic mass is 32.2. The average Bonchev–Trinajstić information content (AvgIpc) is 2.65. The van der Waals surface area contributed by atoms with E-state index >= 15 is 0 Å². The third kappa shape index (κ3) is 2.90. The number of sulfone groups is 1. The highest BCUT2D eigenvalue weighted by Crippen LogP contribution is 2.26. The first kappa shape index (κ1) is 11.3. The molecule has 0 aliphatic carbocycles. The molecule has 0 fully saturated rings. The van der Waals surface area contributed by atoms with Crippen molar-refractivity contribution in [2.45, 2.75) is 5.75 Å². The second-order valence-corrected chi connectivity index (χ2v) is 6.26. The van der Waals surface area contributed by atoms with Crippen LogP contribution in [-0.4, -0.2) is 13.4 Å². The van der Waals surface area contributed by atoms with Gasteiger partial charge >= 0.3 is 0 Å². The fourth-order valence-electron chi connectivity index (χ4n) is 1.30. The quantitative estimate of drug-likeness (QED) is 0.843. The number of hydrogen-bond donors (Lipinski definition) is 0. The van der Waals surface area contributed by atoms with Crippen LogP contribution in [0.5, 0.6) is 0 Å². The lowest BCUT2D eigenvalue weighted by molar-refractivity contribution is 0.603. The largest absolute Gasteiger partial charge is 0.248 e. The summed E-state index contributed by atoms with van der Waals surface area (Å²) in [4.78, 5) is 5.05. The Morgan fingerprint density at radius 1 is 1.25 bits per heavy atom. The van der Waals surface area contributed by atoms with Gasteiger partial charge in [-0.3, -0.25) is 0 Å². The van der Waals surface area contributed by atoms with Crippen molar-refractivity contribution < 1.29 is 8.42 Å². The second kappa shape index (κ2) is 4.35. The Kier molecular flexibility index (Phi) is 3.07. The van der Waals surface area contributed by atoms with Crippen LogP contribution < -0.4 is 0 Å². The lowest BCUT2D eigenvalue weighted by Crippen LogP contribution is -1.96. The number of thiazole rings is 1. The molecule has 0 aliphatic heterocycles. The van der Waals surface area contributed by atoms with E-state index in [0.717, 1.165) is 10.4 Å². The number of hydrogen-bond acceptors (Lipinski definition) is 4. The molecule has 1 radical (unpaired) electrons. The van der Waals surface area contributed by atoms with Crippen molar-refractivity contribution in [2.24, 2.45) is 0 Å². The molecule has 0 amide bonds. The summed E-state index contributed by atoms with van der Waals surface area (Å²) < 4.78 is 22.0. The average molecular weight is 252 g/mol.